The third-order valence-corrected chi connectivity index (χ3v) is 4.13. The molecule has 0 saturated carbocycles. The van der Waals surface area contributed by atoms with Gasteiger partial charge in [0.25, 0.3) is 0 Å². The van der Waals surface area contributed by atoms with Crippen molar-refractivity contribution in [2.45, 2.75) is 12.2 Å². The van der Waals surface area contributed by atoms with Crippen LogP contribution in [0.15, 0.2) is 42.5 Å². The maximum absolute atomic E-state index is 9.31. The molecule has 4 rings (SSSR count). The quantitative estimate of drug-likeness (QED) is 0.872. The fourth-order valence-corrected chi connectivity index (χ4v) is 2.99. The lowest BCUT2D eigenvalue weighted by Crippen LogP contribution is -2.30. The molecule has 0 unspecified atom stereocenters. The molecule has 23 heavy (non-hydrogen) atoms. The van der Waals surface area contributed by atoms with E-state index in [2.05, 4.69) is 6.07 Å². The molecule has 0 aromatic heterocycles. The highest BCUT2D eigenvalue weighted by Gasteiger charge is 2.40. The molecule has 0 radical (unpaired) electrons. The number of hydrogen-bond donors (Lipinski definition) is 0. The molecule has 5 heteroatoms. The van der Waals surface area contributed by atoms with Crippen molar-refractivity contribution in [1.82, 2.24) is 0 Å². The summed E-state index contributed by atoms with van der Waals surface area (Å²) >= 11 is 0. The van der Waals surface area contributed by atoms with E-state index in [1.807, 2.05) is 36.4 Å². The minimum absolute atomic E-state index is 0.227. The van der Waals surface area contributed by atoms with Gasteiger partial charge in [0.15, 0.2) is 17.3 Å². The Labute approximate surface area is 134 Å². The minimum atomic E-state index is -0.895. The first kappa shape index (κ1) is 14.1. The summed E-state index contributed by atoms with van der Waals surface area (Å²) in [4.78, 5) is 0. The number of nitrogens with zero attached hydrogens (tertiary/aromatic N) is 1. The zero-order valence-electron chi connectivity index (χ0n) is 12.5. The van der Waals surface area contributed by atoms with Gasteiger partial charge in [-0.05, 0) is 29.8 Å². The summed E-state index contributed by atoms with van der Waals surface area (Å²) in [6.45, 7) is 1.26. The summed E-state index contributed by atoms with van der Waals surface area (Å²) in [5.74, 6) is 0.516. The fourth-order valence-electron chi connectivity index (χ4n) is 2.99. The first-order valence-corrected chi connectivity index (χ1v) is 7.47. The Morgan fingerprint density at radius 3 is 2.61 bits per heavy atom. The molecule has 0 spiro atoms. The predicted octanol–water partition coefficient (Wildman–Crippen LogP) is 2.73. The van der Waals surface area contributed by atoms with Gasteiger partial charge in [-0.15, -0.1) is 0 Å². The monoisotopic (exact) mass is 309 g/mol. The van der Waals surface area contributed by atoms with Crippen LogP contribution in [0.1, 0.15) is 16.7 Å². The molecule has 0 bridgehead atoms. The van der Waals surface area contributed by atoms with Gasteiger partial charge in [-0.25, -0.2) is 0 Å². The molecular formula is C18H15NO4. The zero-order chi connectivity index (χ0) is 15.7. The molecule has 0 amide bonds. The summed E-state index contributed by atoms with van der Waals surface area (Å²) in [6.07, 6.45) is 0.469. The Morgan fingerprint density at radius 2 is 1.78 bits per heavy atom. The highest BCUT2D eigenvalue weighted by Crippen LogP contribution is 2.41. The van der Waals surface area contributed by atoms with E-state index in [0.29, 0.717) is 30.9 Å². The van der Waals surface area contributed by atoms with E-state index in [-0.39, 0.29) is 6.79 Å². The van der Waals surface area contributed by atoms with E-state index < -0.39 is 5.79 Å². The SMILES string of the molecule is N#Cc1ccccc1CC1(c2ccc3c(c2)OCO3)OCCO1. The van der Waals surface area contributed by atoms with Crippen LogP contribution in [0.2, 0.25) is 0 Å². The molecule has 2 aromatic carbocycles. The lowest BCUT2D eigenvalue weighted by molar-refractivity contribution is -0.164. The number of hydrogen-bond acceptors (Lipinski definition) is 5. The van der Waals surface area contributed by atoms with Gasteiger partial charge < -0.3 is 18.9 Å². The lowest BCUT2D eigenvalue weighted by atomic mass is 9.94. The second-order valence-electron chi connectivity index (χ2n) is 5.46. The van der Waals surface area contributed by atoms with Crippen molar-refractivity contribution in [2.24, 2.45) is 0 Å². The van der Waals surface area contributed by atoms with Gasteiger partial charge >= 0.3 is 0 Å². The summed E-state index contributed by atoms with van der Waals surface area (Å²) in [5, 5.41) is 9.31. The zero-order valence-corrected chi connectivity index (χ0v) is 12.5. The van der Waals surface area contributed by atoms with Gasteiger partial charge in [0, 0.05) is 12.0 Å². The average molecular weight is 309 g/mol. The van der Waals surface area contributed by atoms with E-state index in [0.717, 1.165) is 16.9 Å². The first-order chi connectivity index (χ1) is 11.3. The standard InChI is InChI=1S/C18H15NO4/c19-11-14-4-2-1-3-13(14)10-18(22-7-8-23-18)15-5-6-16-17(9-15)21-12-20-16/h1-6,9H,7-8,10,12H2. The molecular weight excluding hydrogens is 294 g/mol. The summed E-state index contributed by atoms with van der Waals surface area (Å²) in [5.41, 5.74) is 2.40. The molecule has 2 aromatic rings. The number of rotatable bonds is 3. The van der Waals surface area contributed by atoms with Gasteiger partial charge in [0.2, 0.25) is 6.79 Å². The van der Waals surface area contributed by atoms with Crippen LogP contribution in [0, 0.1) is 11.3 Å². The maximum atomic E-state index is 9.31. The van der Waals surface area contributed by atoms with Gasteiger partial charge in [0.05, 0.1) is 24.8 Å². The van der Waals surface area contributed by atoms with Crippen LogP contribution in [0.3, 0.4) is 0 Å². The van der Waals surface area contributed by atoms with Crippen molar-refractivity contribution in [2.75, 3.05) is 20.0 Å². The lowest BCUT2D eigenvalue weighted by Gasteiger charge is -2.28. The predicted molar refractivity (Wildman–Crippen MR) is 81.0 cm³/mol. The van der Waals surface area contributed by atoms with Crippen LogP contribution in [-0.2, 0) is 21.7 Å². The van der Waals surface area contributed by atoms with E-state index >= 15 is 0 Å². The highest BCUT2D eigenvalue weighted by atomic mass is 16.7. The normalized spacial score (nSPS) is 17.9. The Kier molecular flexibility index (Phi) is 3.41. The summed E-state index contributed by atoms with van der Waals surface area (Å²) in [7, 11) is 0. The van der Waals surface area contributed by atoms with Gasteiger partial charge in [-0.2, -0.15) is 5.26 Å². The second-order valence-corrected chi connectivity index (χ2v) is 5.46. The van der Waals surface area contributed by atoms with Gasteiger partial charge in [0.1, 0.15) is 0 Å². The molecule has 2 aliphatic heterocycles. The third-order valence-electron chi connectivity index (χ3n) is 4.13. The Balaban J connectivity index is 1.73. The van der Waals surface area contributed by atoms with Crippen LogP contribution in [0.4, 0.5) is 0 Å². The topological polar surface area (TPSA) is 60.7 Å². The minimum Gasteiger partial charge on any atom is -0.454 e. The summed E-state index contributed by atoms with van der Waals surface area (Å²) in [6, 6.07) is 15.4. The van der Waals surface area contributed by atoms with Crippen molar-refractivity contribution in [3.8, 4) is 17.6 Å². The molecule has 0 atom stereocenters. The largest absolute Gasteiger partial charge is 0.454 e. The molecule has 116 valence electrons. The first-order valence-electron chi connectivity index (χ1n) is 7.47. The highest BCUT2D eigenvalue weighted by molar-refractivity contribution is 5.47. The van der Waals surface area contributed by atoms with Crippen LogP contribution in [0.5, 0.6) is 11.5 Å². The van der Waals surface area contributed by atoms with Crippen molar-refractivity contribution in [3.05, 3.63) is 59.2 Å². The molecule has 0 aliphatic carbocycles. The van der Waals surface area contributed by atoms with Gasteiger partial charge in [-0.1, -0.05) is 18.2 Å². The maximum Gasteiger partial charge on any atom is 0.231 e. The fraction of sp³-hybridized carbons (Fsp3) is 0.278. The van der Waals surface area contributed by atoms with E-state index in [9.17, 15) is 5.26 Å². The molecule has 2 heterocycles. The van der Waals surface area contributed by atoms with E-state index in [4.69, 9.17) is 18.9 Å². The van der Waals surface area contributed by atoms with Crippen LogP contribution in [0.25, 0.3) is 0 Å². The average Bonchev–Trinajstić information content (AvgIpc) is 3.24. The smallest absolute Gasteiger partial charge is 0.231 e. The van der Waals surface area contributed by atoms with Crippen LogP contribution < -0.4 is 9.47 Å². The van der Waals surface area contributed by atoms with Crippen molar-refractivity contribution in [1.29, 1.82) is 5.26 Å². The number of ether oxygens (including phenoxy) is 4. The molecule has 0 N–H and O–H groups in total. The van der Waals surface area contributed by atoms with E-state index in [1.54, 1.807) is 6.07 Å². The molecule has 1 saturated heterocycles. The Hall–Kier alpha value is -2.55. The van der Waals surface area contributed by atoms with Gasteiger partial charge in [-0.3, -0.25) is 0 Å². The van der Waals surface area contributed by atoms with Crippen LogP contribution in [-0.4, -0.2) is 20.0 Å². The summed E-state index contributed by atoms with van der Waals surface area (Å²) < 4.78 is 22.7. The third kappa shape index (κ3) is 2.42. The molecule has 2 aliphatic rings. The number of benzene rings is 2. The Bertz CT molecular complexity index is 775. The van der Waals surface area contributed by atoms with Crippen molar-refractivity contribution < 1.29 is 18.9 Å². The molecule has 1 fully saturated rings. The second kappa shape index (κ2) is 5.58. The van der Waals surface area contributed by atoms with Crippen LogP contribution >= 0.6 is 0 Å². The number of fused-ring (bicyclic) bond motifs is 1. The number of nitriles is 1. The van der Waals surface area contributed by atoms with E-state index in [1.165, 1.54) is 0 Å². The molecule has 5 nitrogen and oxygen atoms in total. The van der Waals surface area contributed by atoms with Crippen molar-refractivity contribution >= 4 is 0 Å². The Morgan fingerprint density at radius 1 is 1.00 bits per heavy atom. The van der Waals surface area contributed by atoms with Crippen molar-refractivity contribution in [3.63, 3.8) is 0 Å².